The van der Waals surface area contributed by atoms with Crippen LogP contribution in [0.5, 0.6) is 5.75 Å². The summed E-state index contributed by atoms with van der Waals surface area (Å²) in [6.07, 6.45) is 12.0. The van der Waals surface area contributed by atoms with Crippen LogP contribution in [0.4, 0.5) is 5.69 Å². The summed E-state index contributed by atoms with van der Waals surface area (Å²) in [5.74, 6) is -0.162. The van der Waals surface area contributed by atoms with Crippen LogP contribution in [0.2, 0.25) is 0 Å². The van der Waals surface area contributed by atoms with Crippen molar-refractivity contribution in [3.05, 3.63) is 45.8 Å². The molecule has 0 bridgehead atoms. The highest BCUT2D eigenvalue weighted by atomic mass is 79.9. The quantitative estimate of drug-likeness (QED) is 0.0708. The van der Waals surface area contributed by atoms with Gasteiger partial charge >= 0.3 is 5.97 Å². The number of halogens is 1. The molecule has 1 aliphatic carbocycles. The van der Waals surface area contributed by atoms with E-state index in [1.807, 2.05) is 6.92 Å². The number of aromatic nitrogens is 3. The van der Waals surface area contributed by atoms with Crippen molar-refractivity contribution in [2.75, 3.05) is 6.61 Å². The summed E-state index contributed by atoms with van der Waals surface area (Å²) in [6.45, 7) is 10.4. The molecule has 1 aromatic carbocycles. The average molecular weight is 685 g/mol. The Labute approximate surface area is 267 Å². The van der Waals surface area contributed by atoms with E-state index in [-0.39, 0.29) is 29.2 Å². The van der Waals surface area contributed by atoms with Crippen LogP contribution in [0, 0.1) is 10.1 Å². The van der Waals surface area contributed by atoms with Gasteiger partial charge in [0.2, 0.25) is 0 Å². The number of nitrogens with zero attached hydrogens (tertiary/aromatic N) is 4. The Hall–Kier alpha value is -2.22. The number of ether oxygens (including phenoxy) is 3. The van der Waals surface area contributed by atoms with E-state index in [1.165, 1.54) is 63.1 Å². The predicted molar refractivity (Wildman–Crippen MR) is 171 cm³/mol. The molecular weight excluding hydrogens is 638 g/mol. The smallest absolute Gasteiger partial charge is 0.322 e. The zero-order chi connectivity index (χ0) is 31.7. The molecule has 13 heteroatoms. The molecule has 0 saturated heterocycles. The molecule has 43 heavy (non-hydrogen) atoms. The van der Waals surface area contributed by atoms with Crippen LogP contribution in [-0.2, 0) is 34.0 Å². The van der Waals surface area contributed by atoms with Gasteiger partial charge in [0.25, 0.3) is 5.69 Å². The van der Waals surface area contributed by atoms with Gasteiger partial charge in [0.15, 0.2) is 0 Å². The molecule has 3 rings (SSSR count). The van der Waals surface area contributed by atoms with Gasteiger partial charge in [-0.1, -0.05) is 67.1 Å². The number of benzene rings is 1. The zero-order valence-corrected chi connectivity index (χ0v) is 28.4. The van der Waals surface area contributed by atoms with E-state index in [9.17, 15) is 14.9 Å². The number of nitro groups is 1. The third-order valence-electron chi connectivity index (χ3n) is 7.21. The number of carbonyl (C=O) groups excluding carboxylic acids is 1. The molecule has 11 nitrogen and oxygen atoms in total. The molecular formula is C30H46BrN5O6S. The molecule has 0 amide bonds. The summed E-state index contributed by atoms with van der Waals surface area (Å²) in [7, 11) is 0. The third-order valence-corrected chi connectivity index (χ3v) is 9.19. The Morgan fingerprint density at radius 2 is 1.81 bits per heavy atom. The number of carbonyl (C=O) groups is 1. The maximum absolute atomic E-state index is 12.1. The maximum atomic E-state index is 12.1. The van der Waals surface area contributed by atoms with Crippen molar-refractivity contribution in [3.8, 4) is 5.75 Å². The van der Waals surface area contributed by atoms with Crippen molar-refractivity contribution in [3.63, 3.8) is 0 Å². The molecule has 1 fully saturated rings. The molecule has 2 aromatic rings. The fourth-order valence-electron chi connectivity index (χ4n) is 4.84. The van der Waals surface area contributed by atoms with Crippen LogP contribution in [0.25, 0.3) is 0 Å². The topological polar surface area (TPSA) is 145 Å². The first-order valence-electron chi connectivity index (χ1n) is 14.9. The van der Waals surface area contributed by atoms with Gasteiger partial charge in [0, 0.05) is 16.1 Å². The van der Waals surface area contributed by atoms with Gasteiger partial charge in [-0.05, 0) is 52.2 Å². The molecule has 1 saturated carbocycles. The van der Waals surface area contributed by atoms with Crippen LogP contribution in [0.1, 0.15) is 97.2 Å². The molecule has 1 unspecified atom stereocenters. The number of rotatable bonds is 15. The fourth-order valence-corrected chi connectivity index (χ4v) is 6.63. The second kappa shape index (κ2) is 15.7. The van der Waals surface area contributed by atoms with E-state index in [1.54, 1.807) is 24.7 Å². The molecule has 1 heterocycles. The van der Waals surface area contributed by atoms with E-state index in [4.69, 9.17) is 19.9 Å². The number of hydrogen-bond donors (Lipinski definition) is 1. The first-order chi connectivity index (χ1) is 20.1. The van der Waals surface area contributed by atoms with Crippen molar-refractivity contribution in [1.29, 1.82) is 0 Å². The minimum Gasteiger partial charge on any atom is -0.487 e. The zero-order valence-electron chi connectivity index (χ0n) is 26.0. The van der Waals surface area contributed by atoms with E-state index in [0.29, 0.717) is 24.6 Å². The van der Waals surface area contributed by atoms with Crippen LogP contribution in [0.15, 0.2) is 24.4 Å². The molecule has 0 aliphatic heterocycles. The van der Waals surface area contributed by atoms with Crippen molar-refractivity contribution in [1.82, 2.24) is 15.0 Å². The Morgan fingerprint density at radius 1 is 1.14 bits per heavy atom. The van der Waals surface area contributed by atoms with Gasteiger partial charge in [-0.3, -0.25) is 14.9 Å². The van der Waals surface area contributed by atoms with Gasteiger partial charge in [-0.25, -0.2) is 4.68 Å². The lowest BCUT2D eigenvalue weighted by molar-refractivity contribution is -0.385. The summed E-state index contributed by atoms with van der Waals surface area (Å²) in [4.78, 5) is 23.0. The number of thioether (sulfide) groups is 1. The second-order valence-electron chi connectivity index (χ2n) is 12.5. The Balaban J connectivity index is 1.49. The first kappa shape index (κ1) is 35.3. The minimum atomic E-state index is -0.929. The van der Waals surface area contributed by atoms with Gasteiger partial charge < -0.3 is 19.9 Å². The van der Waals surface area contributed by atoms with E-state index in [0.717, 1.165) is 11.7 Å². The van der Waals surface area contributed by atoms with Gasteiger partial charge in [0.1, 0.15) is 34.7 Å². The van der Waals surface area contributed by atoms with Crippen molar-refractivity contribution in [2.45, 2.75) is 126 Å². The largest absolute Gasteiger partial charge is 0.487 e. The molecule has 1 atom stereocenters. The summed E-state index contributed by atoms with van der Waals surface area (Å²) in [5, 5.41) is 20.5. The summed E-state index contributed by atoms with van der Waals surface area (Å²) < 4.78 is 18.0. The lowest BCUT2D eigenvalue weighted by Gasteiger charge is -2.32. The first-order valence-corrected chi connectivity index (χ1v) is 16.6. The van der Waals surface area contributed by atoms with Gasteiger partial charge in [0.05, 0.1) is 29.8 Å². The molecule has 0 spiro atoms. The maximum Gasteiger partial charge on any atom is 0.322 e. The molecule has 0 radical (unpaired) electrons. The highest BCUT2D eigenvalue weighted by Crippen LogP contribution is 2.38. The molecule has 240 valence electrons. The van der Waals surface area contributed by atoms with Crippen molar-refractivity contribution >= 4 is 39.3 Å². The summed E-state index contributed by atoms with van der Waals surface area (Å²) in [5.41, 5.74) is 6.15. The Kier molecular flexibility index (Phi) is 12.9. The molecule has 1 aromatic heterocycles. The van der Waals surface area contributed by atoms with Gasteiger partial charge in [-0.2, -0.15) is 11.8 Å². The van der Waals surface area contributed by atoms with Crippen LogP contribution < -0.4 is 10.5 Å². The van der Waals surface area contributed by atoms with Gasteiger partial charge in [-0.15, -0.1) is 5.10 Å². The Morgan fingerprint density at radius 3 is 2.47 bits per heavy atom. The fraction of sp³-hybridized carbons (Fsp3) is 0.700. The minimum absolute atomic E-state index is 0.0835. The lowest BCUT2D eigenvalue weighted by Crippen LogP contribution is -2.44. The SMILES string of the molecule is CC(N)(Cn1cc(COc2ccc([N+](=O)[O-])c(COC(=O)C(C)(C)Br)c2)nn1)OCCC(C)(C)SC1CCCCCCC1. The standard InChI is InChI=1S/C30H46BrN5O6S/c1-28(2,43-25-11-9-7-6-8-10-12-25)15-16-42-30(5,32)21-35-18-23(33-34-35)20-40-24-13-14-26(36(38)39)22(17-24)19-41-27(37)29(3,4)31/h13-14,17-18,25H,6-12,15-16,19-21,32H2,1-5H3. The summed E-state index contributed by atoms with van der Waals surface area (Å²) >= 11 is 5.32. The van der Waals surface area contributed by atoms with Crippen LogP contribution in [-0.4, -0.2) is 52.5 Å². The van der Waals surface area contributed by atoms with Crippen molar-refractivity contribution in [2.24, 2.45) is 5.73 Å². The highest BCUT2D eigenvalue weighted by molar-refractivity contribution is 9.10. The average Bonchev–Trinajstić information content (AvgIpc) is 3.32. The van der Waals surface area contributed by atoms with E-state index < -0.39 is 20.9 Å². The summed E-state index contributed by atoms with van der Waals surface area (Å²) in [6, 6.07) is 4.30. The third kappa shape index (κ3) is 12.4. The lowest BCUT2D eigenvalue weighted by atomic mass is 10.0. The predicted octanol–water partition coefficient (Wildman–Crippen LogP) is 6.69. The van der Waals surface area contributed by atoms with Crippen LogP contribution in [0.3, 0.4) is 0 Å². The van der Waals surface area contributed by atoms with E-state index in [2.05, 4.69) is 51.9 Å². The molecule has 2 N–H and O–H groups in total. The van der Waals surface area contributed by atoms with Crippen LogP contribution >= 0.6 is 27.7 Å². The normalized spacial score (nSPS) is 16.6. The van der Waals surface area contributed by atoms with Crippen molar-refractivity contribution < 1.29 is 23.9 Å². The number of nitro benzene ring substituents is 1. The monoisotopic (exact) mass is 683 g/mol. The van der Waals surface area contributed by atoms with E-state index >= 15 is 0 Å². The number of hydrogen-bond acceptors (Lipinski definition) is 10. The molecule has 1 aliphatic rings. The second-order valence-corrected chi connectivity index (χ2v) is 16.5. The highest BCUT2D eigenvalue weighted by Gasteiger charge is 2.28. The number of alkyl halides is 1. The Bertz CT molecular complexity index is 1210. The number of nitrogens with two attached hydrogens (primary N) is 1. The number of esters is 1.